The zero-order valence-electron chi connectivity index (χ0n) is 15.1. The first-order chi connectivity index (χ1) is 12.5. The molecule has 0 spiro atoms. The van der Waals surface area contributed by atoms with Crippen LogP contribution < -0.4 is 21.5 Å². The van der Waals surface area contributed by atoms with Crippen LogP contribution >= 0.6 is 0 Å². The minimum absolute atomic E-state index is 0.0430. The summed E-state index contributed by atoms with van der Waals surface area (Å²) >= 11 is 0. The molecule has 138 valence electrons. The normalized spacial score (nSPS) is 15.1. The zero-order valence-corrected chi connectivity index (χ0v) is 15.1. The van der Waals surface area contributed by atoms with Crippen LogP contribution in [0.1, 0.15) is 18.4 Å². The second kappa shape index (κ2) is 7.59. The summed E-state index contributed by atoms with van der Waals surface area (Å²) in [6, 6.07) is 11.3. The molecule has 1 aliphatic rings. The Labute approximate surface area is 151 Å². The van der Waals surface area contributed by atoms with E-state index in [1.54, 1.807) is 7.05 Å². The minimum Gasteiger partial charge on any atom is -0.358 e. The first-order valence-electron chi connectivity index (χ1n) is 8.81. The molecule has 26 heavy (non-hydrogen) atoms. The summed E-state index contributed by atoms with van der Waals surface area (Å²) in [5.74, 6) is 0.631. The van der Waals surface area contributed by atoms with Crippen LogP contribution in [0.2, 0.25) is 0 Å². The van der Waals surface area contributed by atoms with E-state index in [4.69, 9.17) is 0 Å². The molecule has 2 aromatic rings. The van der Waals surface area contributed by atoms with Gasteiger partial charge in [-0.1, -0.05) is 30.3 Å². The highest BCUT2D eigenvalue weighted by Gasteiger charge is 2.26. The van der Waals surface area contributed by atoms with E-state index in [0.717, 1.165) is 10.1 Å². The first-order valence-corrected chi connectivity index (χ1v) is 8.81. The van der Waals surface area contributed by atoms with Crippen molar-refractivity contribution in [3.8, 4) is 0 Å². The van der Waals surface area contributed by atoms with Gasteiger partial charge in [0.15, 0.2) is 0 Å². The van der Waals surface area contributed by atoms with Crippen LogP contribution in [0, 0.1) is 5.92 Å². The fourth-order valence-corrected chi connectivity index (χ4v) is 3.32. The van der Waals surface area contributed by atoms with Crippen LogP contribution in [0.25, 0.3) is 0 Å². The molecule has 3 rings (SSSR count). The molecule has 1 aliphatic heterocycles. The Bertz CT molecular complexity index is 893. The number of nitrogens with one attached hydrogen (secondary N) is 1. The van der Waals surface area contributed by atoms with Crippen molar-refractivity contribution in [2.45, 2.75) is 19.4 Å². The van der Waals surface area contributed by atoms with Gasteiger partial charge in [-0.05, 0) is 18.4 Å². The van der Waals surface area contributed by atoms with Crippen molar-refractivity contribution in [1.29, 1.82) is 0 Å². The van der Waals surface area contributed by atoms with Crippen molar-refractivity contribution in [1.82, 2.24) is 14.5 Å². The van der Waals surface area contributed by atoms with Crippen molar-refractivity contribution in [3.63, 3.8) is 0 Å². The van der Waals surface area contributed by atoms with Crippen molar-refractivity contribution in [3.05, 3.63) is 62.8 Å². The van der Waals surface area contributed by atoms with Crippen LogP contribution in [0.3, 0.4) is 0 Å². The molecular weight excluding hydrogens is 332 g/mol. The number of hydrogen-bond acceptors (Lipinski definition) is 4. The van der Waals surface area contributed by atoms with Gasteiger partial charge in [-0.15, -0.1) is 0 Å². The van der Waals surface area contributed by atoms with E-state index in [1.165, 1.54) is 17.7 Å². The lowest BCUT2D eigenvalue weighted by atomic mass is 9.96. The standard InChI is InChI=1S/C19H24N4O3/c1-21-16(12-17(24)22(2)19(21)26)23-10-8-15(9-11-23)18(25)20-13-14-6-4-3-5-7-14/h3-7,12,15H,8-11,13H2,1-2H3,(H,20,25). The summed E-state index contributed by atoms with van der Waals surface area (Å²) in [5.41, 5.74) is 0.425. The molecule has 0 radical (unpaired) electrons. The van der Waals surface area contributed by atoms with Crippen molar-refractivity contribution < 1.29 is 4.79 Å². The van der Waals surface area contributed by atoms with E-state index in [1.807, 2.05) is 35.2 Å². The van der Waals surface area contributed by atoms with Gasteiger partial charge in [-0.25, -0.2) is 4.79 Å². The van der Waals surface area contributed by atoms with Crippen molar-refractivity contribution >= 4 is 11.7 Å². The molecule has 0 unspecified atom stereocenters. The molecule has 1 N–H and O–H groups in total. The van der Waals surface area contributed by atoms with Gasteiger partial charge in [0.1, 0.15) is 5.82 Å². The molecule has 7 nitrogen and oxygen atoms in total. The molecule has 0 bridgehead atoms. The Morgan fingerprint density at radius 3 is 2.38 bits per heavy atom. The van der Waals surface area contributed by atoms with Crippen LogP contribution in [-0.4, -0.2) is 28.1 Å². The van der Waals surface area contributed by atoms with Gasteiger partial charge < -0.3 is 10.2 Å². The SMILES string of the molecule is Cn1c(N2CCC(C(=O)NCc3ccccc3)CC2)cc(=O)n(C)c1=O. The number of carbonyl (C=O) groups is 1. The average molecular weight is 356 g/mol. The van der Waals surface area contributed by atoms with Gasteiger partial charge in [0, 0.05) is 45.7 Å². The van der Waals surface area contributed by atoms with E-state index >= 15 is 0 Å². The smallest absolute Gasteiger partial charge is 0.332 e. The molecule has 1 amide bonds. The number of amides is 1. The number of piperidine rings is 1. The summed E-state index contributed by atoms with van der Waals surface area (Å²) in [6.45, 7) is 1.82. The molecule has 1 aromatic heterocycles. The summed E-state index contributed by atoms with van der Waals surface area (Å²) in [5, 5.41) is 2.99. The topological polar surface area (TPSA) is 76.3 Å². The maximum atomic E-state index is 12.4. The summed E-state index contributed by atoms with van der Waals surface area (Å²) in [6.07, 6.45) is 1.40. The molecule has 1 fully saturated rings. The molecule has 1 aromatic carbocycles. The predicted octanol–water partition coefficient (Wildman–Crippen LogP) is 0.617. The van der Waals surface area contributed by atoms with Crippen LogP contribution in [0.5, 0.6) is 0 Å². The zero-order chi connectivity index (χ0) is 18.7. The Morgan fingerprint density at radius 1 is 1.08 bits per heavy atom. The maximum Gasteiger partial charge on any atom is 0.332 e. The lowest BCUT2D eigenvalue weighted by Crippen LogP contribution is -2.44. The Hall–Kier alpha value is -2.83. The quantitative estimate of drug-likeness (QED) is 0.871. The molecule has 0 saturated carbocycles. The predicted molar refractivity (Wildman–Crippen MR) is 100 cm³/mol. The van der Waals surface area contributed by atoms with E-state index in [9.17, 15) is 14.4 Å². The van der Waals surface area contributed by atoms with Gasteiger partial charge in [-0.2, -0.15) is 0 Å². The van der Waals surface area contributed by atoms with Gasteiger partial charge >= 0.3 is 5.69 Å². The molecule has 0 aliphatic carbocycles. The molecule has 7 heteroatoms. The Morgan fingerprint density at radius 2 is 1.73 bits per heavy atom. The first kappa shape index (κ1) is 18.0. The summed E-state index contributed by atoms with van der Waals surface area (Å²) in [7, 11) is 3.13. The summed E-state index contributed by atoms with van der Waals surface area (Å²) in [4.78, 5) is 38.4. The van der Waals surface area contributed by atoms with Crippen molar-refractivity contribution in [2.75, 3.05) is 18.0 Å². The average Bonchev–Trinajstić information content (AvgIpc) is 2.68. The Kier molecular flexibility index (Phi) is 5.25. The number of rotatable bonds is 4. The van der Waals surface area contributed by atoms with E-state index in [2.05, 4.69) is 5.32 Å². The number of anilines is 1. The highest BCUT2D eigenvalue weighted by Crippen LogP contribution is 2.21. The molecular formula is C19H24N4O3. The van der Waals surface area contributed by atoms with Crippen molar-refractivity contribution in [2.24, 2.45) is 20.0 Å². The second-order valence-corrected chi connectivity index (χ2v) is 6.71. The van der Waals surface area contributed by atoms with Gasteiger partial charge in [0.25, 0.3) is 5.56 Å². The lowest BCUT2D eigenvalue weighted by molar-refractivity contribution is -0.125. The fourth-order valence-electron chi connectivity index (χ4n) is 3.32. The lowest BCUT2D eigenvalue weighted by Gasteiger charge is -2.33. The molecule has 0 atom stereocenters. The van der Waals surface area contributed by atoms with Crippen LogP contribution in [0.15, 0.2) is 46.0 Å². The largest absolute Gasteiger partial charge is 0.358 e. The van der Waals surface area contributed by atoms with E-state index in [-0.39, 0.29) is 23.1 Å². The Balaban J connectivity index is 1.60. The van der Waals surface area contributed by atoms with E-state index < -0.39 is 0 Å². The molecule has 2 heterocycles. The third-order valence-corrected chi connectivity index (χ3v) is 5.00. The fraction of sp³-hybridized carbons (Fsp3) is 0.421. The van der Waals surface area contributed by atoms with Crippen LogP contribution in [0.4, 0.5) is 5.82 Å². The summed E-state index contributed by atoms with van der Waals surface area (Å²) < 4.78 is 2.57. The third kappa shape index (κ3) is 3.71. The van der Waals surface area contributed by atoms with Gasteiger partial charge in [0.05, 0.1) is 0 Å². The molecule has 1 saturated heterocycles. The maximum absolute atomic E-state index is 12.4. The van der Waals surface area contributed by atoms with Gasteiger partial charge in [-0.3, -0.25) is 18.7 Å². The highest BCUT2D eigenvalue weighted by molar-refractivity contribution is 5.79. The monoisotopic (exact) mass is 356 g/mol. The van der Waals surface area contributed by atoms with E-state index in [0.29, 0.717) is 38.3 Å². The number of hydrogen-bond donors (Lipinski definition) is 1. The van der Waals surface area contributed by atoms with Gasteiger partial charge in [0.2, 0.25) is 5.91 Å². The number of aromatic nitrogens is 2. The number of benzene rings is 1. The second-order valence-electron chi connectivity index (χ2n) is 6.71. The number of carbonyl (C=O) groups excluding carboxylic acids is 1. The highest BCUT2D eigenvalue weighted by atomic mass is 16.2. The third-order valence-electron chi connectivity index (χ3n) is 5.00. The van der Waals surface area contributed by atoms with Crippen LogP contribution in [-0.2, 0) is 25.4 Å². The number of nitrogens with zero attached hydrogens (tertiary/aromatic N) is 3. The minimum atomic E-state index is -0.338.